The van der Waals surface area contributed by atoms with E-state index in [2.05, 4.69) is 21.2 Å². The van der Waals surface area contributed by atoms with Gasteiger partial charge in [0.15, 0.2) is 0 Å². The molecule has 0 atom stereocenters. The Kier molecular flexibility index (Phi) is 7.06. The van der Waals surface area contributed by atoms with Gasteiger partial charge in [0.05, 0.1) is 7.11 Å². The molecule has 156 valence electrons. The van der Waals surface area contributed by atoms with Gasteiger partial charge in [0.25, 0.3) is 5.91 Å². The van der Waals surface area contributed by atoms with Gasteiger partial charge in [-0.1, -0.05) is 28.1 Å². The van der Waals surface area contributed by atoms with Gasteiger partial charge < -0.3 is 15.2 Å². The number of ether oxygens (including phenoxy) is 1. The Labute approximate surface area is 187 Å². The number of methoxy groups -OCH3 is 1. The third-order valence-electron chi connectivity index (χ3n) is 4.47. The number of phenolic OH excluding ortho intramolecular Hbond substituents is 1. The molecule has 5 nitrogen and oxygen atoms in total. The number of carbonyl (C=O) groups excluding carboxylic acids is 1. The summed E-state index contributed by atoms with van der Waals surface area (Å²) in [5.41, 5.74) is 2.54. The van der Waals surface area contributed by atoms with E-state index in [0.29, 0.717) is 27.9 Å². The highest BCUT2D eigenvalue weighted by Gasteiger charge is 2.14. The van der Waals surface area contributed by atoms with E-state index < -0.39 is 5.91 Å². The highest BCUT2D eigenvalue weighted by molar-refractivity contribution is 9.10. The Balaban J connectivity index is 1.88. The zero-order valence-corrected chi connectivity index (χ0v) is 18.1. The molecule has 0 bridgehead atoms. The maximum atomic E-state index is 13.5. The van der Waals surface area contributed by atoms with Gasteiger partial charge in [-0.3, -0.25) is 4.79 Å². The number of nitriles is 1. The van der Waals surface area contributed by atoms with Crippen molar-refractivity contribution in [2.24, 2.45) is 0 Å². The van der Waals surface area contributed by atoms with E-state index in [0.717, 1.165) is 11.1 Å². The van der Waals surface area contributed by atoms with Gasteiger partial charge in [-0.25, -0.2) is 4.39 Å². The minimum atomic E-state index is -0.577. The molecule has 0 saturated heterocycles. The van der Waals surface area contributed by atoms with Crippen molar-refractivity contribution < 1.29 is 19.0 Å². The number of aromatic hydroxyl groups is 1. The van der Waals surface area contributed by atoms with Crippen LogP contribution in [0.25, 0.3) is 6.08 Å². The zero-order chi connectivity index (χ0) is 22.4. The number of nitrogens with zero attached hydrogens (tertiary/aromatic N) is 1. The maximum Gasteiger partial charge on any atom is 0.266 e. The van der Waals surface area contributed by atoms with Crippen molar-refractivity contribution in [1.29, 1.82) is 5.26 Å². The topological polar surface area (TPSA) is 82.3 Å². The van der Waals surface area contributed by atoms with E-state index in [9.17, 15) is 19.6 Å². The van der Waals surface area contributed by atoms with Crippen molar-refractivity contribution in [3.63, 3.8) is 0 Å². The molecule has 31 heavy (non-hydrogen) atoms. The quantitative estimate of drug-likeness (QED) is 0.279. The number of halogens is 2. The van der Waals surface area contributed by atoms with Crippen molar-refractivity contribution in [1.82, 2.24) is 0 Å². The Morgan fingerprint density at radius 1 is 1.23 bits per heavy atom. The summed E-state index contributed by atoms with van der Waals surface area (Å²) in [4.78, 5) is 12.5. The fourth-order valence-electron chi connectivity index (χ4n) is 2.98. The van der Waals surface area contributed by atoms with Crippen molar-refractivity contribution in [2.75, 3.05) is 12.4 Å². The predicted octanol–water partition coefficient (Wildman–Crippen LogP) is 5.44. The third kappa shape index (κ3) is 5.71. The van der Waals surface area contributed by atoms with E-state index in [4.69, 9.17) is 4.74 Å². The van der Waals surface area contributed by atoms with Crippen LogP contribution in [0, 0.1) is 17.1 Å². The van der Waals surface area contributed by atoms with Crippen molar-refractivity contribution in [3.8, 4) is 17.6 Å². The molecule has 0 fully saturated rings. The first-order valence-corrected chi connectivity index (χ1v) is 10.0. The van der Waals surface area contributed by atoms with Crippen molar-refractivity contribution >= 4 is 33.6 Å². The number of nitrogens with one attached hydrogen (secondary N) is 1. The first kappa shape index (κ1) is 22.1. The molecule has 0 spiro atoms. The predicted molar refractivity (Wildman–Crippen MR) is 120 cm³/mol. The number of rotatable bonds is 6. The summed E-state index contributed by atoms with van der Waals surface area (Å²) in [6.45, 7) is 0. The largest absolute Gasteiger partial charge is 0.508 e. The lowest BCUT2D eigenvalue weighted by Crippen LogP contribution is -2.13. The molecule has 0 unspecified atom stereocenters. The van der Waals surface area contributed by atoms with Crippen LogP contribution < -0.4 is 10.1 Å². The number of benzene rings is 3. The van der Waals surface area contributed by atoms with Crippen LogP contribution in [0.2, 0.25) is 0 Å². The van der Waals surface area contributed by atoms with Crippen LogP contribution in [0.4, 0.5) is 10.1 Å². The minimum Gasteiger partial charge on any atom is -0.508 e. The van der Waals surface area contributed by atoms with E-state index in [-0.39, 0.29) is 17.1 Å². The smallest absolute Gasteiger partial charge is 0.266 e. The second-order valence-electron chi connectivity index (χ2n) is 6.66. The summed E-state index contributed by atoms with van der Waals surface area (Å²) in [7, 11) is 1.52. The number of anilines is 1. The summed E-state index contributed by atoms with van der Waals surface area (Å²) in [5.74, 6) is -0.275. The lowest BCUT2D eigenvalue weighted by atomic mass is 10.0. The van der Waals surface area contributed by atoms with Gasteiger partial charge in [-0.2, -0.15) is 5.26 Å². The molecule has 3 aromatic rings. The van der Waals surface area contributed by atoms with Gasteiger partial charge >= 0.3 is 0 Å². The Morgan fingerprint density at radius 2 is 1.97 bits per heavy atom. The summed E-state index contributed by atoms with van der Waals surface area (Å²) >= 11 is 3.51. The van der Waals surface area contributed by atoms with Crippen LogP contribution in [-0.2, 0) is 11.2 Å². The Morgan fingerprint density at radius 3 is 2.61 bits per heavy atom. The third-order valence-corrected chi connectivity index (χ3v) is 5.18. The highest BCUT2D eigenvalue weighted by atomic mass is 79.9. The molecule has 0 radical (unpaired) electrons. The van der Waals surface area contributed by atoms with E-state index in [1.165, 1.54) is 49.6 Å². The molecule has 0 aliphatic heterocycles. The van der Waals surface area contributed by atoms with Gasteiger partial charge in [0.1, 0.15) is 29.0 Å². The van der Waals surface area contributed by atoms with Gasteiger partial charge in [0, 0.05) is 22.1 Å². The summed E-state index contributed by atoms with van der Waals surface area (Å²) in [6, 6.07) is 17.6. The number of amides is 1. The average Bonchev–Trinajstić information content (AvgIpc) is 2.75. The number of hydrogen-bond acceptors (Lipinski definition) is 4. The van der Waals surface area contributed by atoms with Crippen LogP contribution in [0.5, 0.6) is 11.5 Å². The van der Waals surface area contributed by atoms with Crippen molar-refractivity contribution in [2.45, 2.75) is 6.42 Å². The highest BCUT2D eigenvalue weighted by Crippen LogP contribution is 2.32. The summed E-state index contributed by atoms with van der Waals surface area (Å²) in [6.07, 6.45) is 1.90. The number of phenols is 1. The Bertz CT molecular complexity index is 1180. The van der Waals surface area contributed by atoms with Crippen LogP contribution >= 0.6 is 15.9 Å². The zero-order valence-electron chi connectivity index (χ0n) is 16.5. The van der Waals surface area contributed by atoms with Gasteiger partial charge in [-0.15, -0.1) is 0 Å². The second kappa shape index (κ2) is 9.92. The lowest BCUT2D eigenvalue weighted by molar-refractivity contribution is -0.112. The molecule has 3 aromatic carbocycles. The minimum absolute atomic E-state index is 0.0734. The average molecular weight is 481 g/mol. The van der Waals surface area contributed by atoms with Crippen LogP contribution in [0.3, 0.4) is 0 Å². The van der Waals surface area contributed by atoms with Gasteiger partial charge in [-0.05, 0) is 65.7 Å². The van der Waals surface area contributed by atoms with Crippen molar-refractivity contribution in [3.05, 3.63) is 93.2 Å². The standard InChI is InChI=1S/C24H18BrFN2O3/c1-31-23-13-16(12-22(25)21(23)11-15-3-2-4-18(26)10-15)9-17(14-27)24(30)28-19-5-7-20(29)8-6-19/h2-10,12-13,29H,11H2,1H3,(H,28,30)/b17-9+. The molecular formula is C24H18BrFN2O3. The van der Waals surface area contributed by atoms with Crippen LogP contribution in [0.15, 0.2) is 70.7 Å². The number of carbonyl (C=O) groups is 1. The molecule has 7 heteroatoms. The molecule has 3 rings (SSSR count). The van der Waals surface area contributed by atoms with Crippen LogP contribution in [0.1, 0.15) is 16.7 Å². The van der Waals surface area contributed by atoms with E-state index >= 15 is 0 Å². The second-order valence-corrected chi connectivity index (χ2v) is 7.52. The molecule has 0 aromatic heterocycles. The molecule has 2 N–H and O–H groups in total. The number of hydrogen-bond donors (Lipinski definition) is 2. The van der Waals surface area contributed by atoms with Crippen LogP contribution in [-0.4, -0.2) is 18.1 Å². The van der Waals surface area contributed by atoms with Gasteiger partial charge in [0.2, 0.25) is 0 Å². The first-order chi connectivity index (χ1) is 14.9. The molecular weight excluding hydrogens is 463 g/mol. The van der Waals surface area contributed by atoms with E-state index in [1.54, 1.807) is 18.2 Å². The molecule has 0 saturated carbocycles. The summed E-state index contributed by atoms with van der Waals surface area (Å²) in [5, 5.41) is 21.4. The lowest BCUT2D eigenvalue weighted by Gasteiger charge is -2.13. The molecule has 0 aliphatic carbocycles. The maximum absolute atomic E-state index is 13.5. The fraction of sp³-hybridized carbons (Fsp3) is 0.0833. The fourth-order valence-corrected chi connectivity index (χ4v) is 3.58. The Hall–Kier alpha value is -3.63. The normalized spacial score (nSPS) is 11.0. The SMILES string of the molecule is COc1cc(/C=C(\C#N)C(=O)Nc2ccc(O)cc2)cc(Br)c1Cc1cccc(F)c1. The first-order valence-electron chi connectivity index (χ1n) is 9.22. The molecule has 0 aliphatic rings. The van der Waals surface area contributed by atoms with E-state index in [1.807, 2.05) is 12.1 Å². The molecule has 0 heterocycles. The summed E-state index contributed by atoms with van der Waals surface area (Å²) < 4.78 is 19.7. The molecule has 1 amide bonds. The monoisotopic (exact) mass is 480 g/mol.